The van der Waals surface area contributed by atoms with E-state index in [1.54, 1.807) is 17.7 Å². The van der Waals surface area contributed by atoms with Gasteiger partial charge in [0.2, 0.25) is 5.13 Å². The fourth-order valence-electron chi connectivity index (χ4n) is 6.99. The van der Waals surface area contributed by atoms with Crippen LogP contribution in [-0.2, 0) is 16.5 Å². The van der Waals surface area contributed by atoms with Crippen LogP contribution in [0.4, 0.5) is 39.6 Å². The monoisotopic (exact) mass is 838 g/mol. The Morgan fingerprint density at radius 1 is 0.831 bits per heavy atom. The molecule has 0 aliphatic heterocycles. The molecule has 0 bridgehead atoms. The molecule has 0 spiro atoms. The molecule has 0 atom stereocenters. The number of hydrogen-bond acceptors (Lipinski definition) is 13. The molecule has 4 aromatic carbocycles. The van der Waals surface area contributed by atoms with Crippen LogP contribution in [0.3, 0.4) is 0 Å². The lowest BCUT2D eigenvalue weighted by Crippen LogP contribution is -2.16. The van der Waals surface area contributed by atoms with E-state index in [2.05, 4.69) is 29.5 Å². The van der Waals surface area contributed by atoms with E-state index in [1.807, 2.05) is 93.3 Å². The maximum atomic E-state index is 12.1. The smallest absolute Gasteiger partial charge is 0.294 e. The number of azo groups is 1. The fraction of sp³-hybridized carbons (Fsp3) is 0.186. The van der Waals surface area contributed by atoms with Gasteiger partial charge in [0, 0.05) is 5.69 Å². The molecule has 8 rings (SSSR count). The standard InChI is InChI=1S/C43H38N10O3S3/c1-7-12-29-16-11-15-26(4)39(29)52(42-45-33-20-19-30(59(54,55)56)22-35(33)58-42)36-21-27(5)38(40(47-36)48-37-24(2)13-10-14-25(37)3)49-50-41-31(23-44)28(6)51-53(41)43-46-32-17-8-9-18-34(32)57-43/h8-11,13-22H,7,12H2,1-6H3,(H,47,48)(H,54,55,56). The zero-order chi connectivity index (χ0) is 41.6. The number of aryl methyl sites for hydroxylation is 6. The number of benzene rings is 4. The first kappa shape index (κ1) is 39.4. The highest BCUT2D eigenvalue weighted by atomic mass is 32.2. The van der Waals surface area contributed by atoms with Crippen molar-refractivity contribution in [1.29, 1.82) is 5.26 Å². The summed E-state index contributed by atoms with van der Waals surface area (Å²) < 4.78 is 37.2. The van der Waals surface area contributed by atoms with Gasteiger partial charge in [0.15, 0.2) is 16.8 Å². The molecular weight excluding hydrogens is 801 g/mol. The van der Waals surface area contributed by atoms with Gasteiger partial charge < -0.3 is 5.32 Å². The van der Waals surface area contributed by atoms with Crippen molar-refractivity contribution in [2.45, 2.75) is 59.3 Å². The second-order valence-corrected chi connectivity index (χ2v) is 17.6. The molecule has 296 valence electrons. The van der Waals surface area contributed by atoms with E-state index in [1.165, 1.54) is 34.8 Å². The number of rotatable bonds is 11. The second-order valence-electron chi connectivity index (χ2n) is 14.1. The molecule has 8 aromatic rings. The molecule has 0 aliphatic carbocycles. The van der Waals surface area contributed by atoms with Crippen LogP contribution in [0.5, 0.6) is 0 Å². The van der Waals surface area contributed by atoms with Crippen molar-refractivity contribution >= 4 is 92.9 Å². The Hall–Kier alpha value is -6.38. The van der Waals surface area contributed by atoms with Gasteiger partial charge in [-0.05, 0) is 105 Å². The van der Waals surface area contributed by atoms with Crippen molar-refractivity contribution in [3.8, 4) is 11.2 Å². The Morgan fingerprint density at radius 2 is 1.56 bits per heavy atom. The van der Waals surface area contributed by atoms with Crippen molar-refractivity contribution in [1.82, 2.24) is 24.7 Å². The summed E-state index contributed by atoms with van der Waals surface area (Å²) in [6.07, 6.45) is 1.68. The molecule has 0 fully saturated rings. The Balaban J connectivity index is 1.35. The molecule has 0 radical (unpaired) electrons. The van der Waals surface area contributed by atoms with Crippen LogP contribution in [0.1, 0.15) is 52.4 Å². The third-order valence-electron chi connectivity index (χ3n) is 9.88. The number of nitriles is 1. The summed E-state index contributed by atoms with van der Waals surface area (Å²) in [5.74, 6) is 1.19. The van der Waals surface area contributed by atoms with Crippen LogP contribution in [0, 0.1) is 45.9 Å². The first-order valence-electron chi connectivity index (χ1n) is 18.7. The molecule has 2 N–H and O–H groups in total. The van der Waals surface area contributed by atoms with Crippen LogP contribution < -0.4 is 10.2 Å². The average molecular weight is 839 g/mol. The van der Waals surface area contributed by atoms with E-state index < -0.39 is 10.1 Å². The highest BCUT2D eigenvalue weighted by Crippen LogP contribution is 2.45. The third-order valence-corrected chi connectivity index (χ3v) is 12.7. The number of aromatic nitrogens is 5. The molecule has 0 amide bonds. The van der Waals surface area contributed by atoms with Crippen molar-refractivity contribution in [3.05, 3.63) is 124 Å². The Morgan fingerprint density at radius 3 is 2.29 bits per heavy atom. The van der Waals surface area contributed by atoms with Crippen LogP contribution in [0.15, 0.2) is 100 Å². The Labute approximate surface area is 349 Å². The minimum Gasteiger partial charge on any atom is -0.338 e. The van der Waals surface area contributed by atoms with Gasteiger partial charge in [-0.25, -0.2) is 15.0 Å². The molecule has 59 heavy (non-hydrogen) atoms. The van der Waals surface area contributed by atoms with E-state index in [4.69, 9.17) is 25.2 Å². The van der Waals surface area contributed by atoms with E-state index in [0.717, 1.165) is 62.3 Å². The highest BCUT2D eigenvalue weighted by molar-refractivity contribution is 7.85. The van der Waals surface area contributed by atoms with Crippen molar-refractivity contribution in [2.24, 2.45) is 10.2 Å². The van der Waals surface area contributed by atoms with Crippen LogP contribution in [0.2, 0.25) is 0 Å². The van der Waals surface area contributed by atoms with Gasteiger partial charge in [-0.2, -0.15) is 23.5 Å². The highest BCUT2D eigenvalue weighted by Gasteiger charge is 2.26. The topological polar surface area (TPSA) is 175 Å². The summed E-state index contributed by atoms with van der Waals surface area (Å²) in [6.45, 7) is 11.9. The van der Waals surface area contributed by atoms with Gasteiger partial charge in [-0.3, -0.25) is 9.45 Å². The minimum atomic E-state index is -4.44. The second kappa shape index (κ2) is 15.8. The van der Waals surface area contributed by atoms with Gasteiger partial charge >= 0.3 is 0 Å². The summed E-state index contributed by atoms with van der Waals surface area (Å²) >= 11 is 2.73. The van der Waals surface area contributed by atoms with Crippen molar-refractivity contribution in [3.63, 3.8) is 0 Å². The van der Waals surface area contributed by atoms with Crippen LogP contribution >= 0.6 is 22.7 Å². The number of fused-ring (bicyclic) bond motifs is 2. The van der Waals surface area contributed by atoms with Gasteiger partial charge in [0.05, 0.1) is 36.7 Å². The van der Waals surface area contributed by atoms with Gasteiger partial charge in [0.25, 0.3) is 10.1 Å². The number of thiazole rings is 2. The largest absolute Gasteiger partial charge is 0.338 e. The number of pyridine rings is 1. The summed E-state index contributed by atoms with van der Waals surface area (Å²) in [5.41, 5.74) is 9.13. The first-order chi connectivity index (χ1) is 28.3. The maximum absolute atomic E-state index is 12.1. The minimum absolute atomic E-state index is 0.211. The number of hydrogen-bond donors (Lipinski definition) is 2. The lowest BCUT2D eigenvalue weighted by atomic mass is 10.0. The van der Waals surface area contributed by atoms with E-state index in [0.29, 0.717) is 43.5 Å². The molecule has 4 heterocycles. The van der Waals surface area contributed by atoms with E-state index in [-0.39, 0.29) is 16.3 Å². The molecule has 0 saturated carbocycles. The number of nitrogens with zero attached hydrogens (tertiary/aromatic N) is 9. The zero-order valence-electron chi connectivity index (χ0n) is 33.0. The maximum Gasteiger partial charge on any atom is 0.294 e. The fourth-order valence-corrected chi connectivity index (χ4v) is 9.52. The SMILES string of the molecule is CCCc1cccc(C)c1N(c1cc(C)c(N=Nc2c(C#N)c(C)nn2-c2nc3ccccc3s2)c(Nc2c(C)cccc2C)n1)c1nc2ccc(S(=O)(=O)O)cc2s1. The van der Waals surface area contributed by atoms with Crippen molar-refractivity contribution < 1.29 is 13.0 Å². The summed E-state index contributed by atoms with van der Waals surface area (Å²) in [7, 11) is -4.44. The summed E-state index contributed by atoms with van der Waals surface area (Å²) in [6, 6.07) is 28.5. The quantitative estimate of drug-likeness (QED) is 0.0942. The van der Waals surface area contributed by atoms with E-state index >= 15 is 0 Å². The van der Waals surface area contributed by atoms with Crippen molar-refractivity contribution in [2.75, 3.05) is 10.2 Å². The zero-order valence-corrected chi connectivity index (χ0v) is 35.5. The lowest BCUT2D eigenvalue weighted by molar-refractivity contribution is 0.483. The predicted octanol–water partition coefficient (Wildman–Crippen LogP) is 11.7. The van der Waals surface area contributed by atoms with Crippen LogP contribution in [-0.4, -0.2) is 37.7 Å². The molecule has 0 aliphatic rings. The Kier molecular flexibility index (Phi) is 10.5. The Bertz CT molecular complexity index is 3070. The number of para-hydroxylation sites is 3. The predicted molar refractivity (Wildman–Crippen MR) is 235 cm³/mol. The lowest BCUT2D eigenvalue weighted by Gasteiger charge is -2.27. The normalized spacial score (nSPS) is 11.8. The van der Waals surface area contributed by atoms with E-state index in [9.17, 15) is 18.2 Å². The molecule has 16 heteroatoms. The molecule has 4 aromatic heterocycles. The summed E-state index contributed by atoms with van der Waals surface area (Å²) in [4.78, 5) is 16.9. The van der Waals surface area contributed by atoms with Crippen LogP contribution in [0.25, 0.3) is 25.6 Å². The molecule has 13 nitrogen and oxygen atoms in total. The van der Waals surface area contributed by atoms with Gasteiger partial charge in [-0.15, -0.1) is 10.2 Å². The average Bonchev–Trinajstić information content (AvgIpc) is 3.91. The summed E-state index contributed by atoms with van der Waals surface area (Å²) in [5, 5.41) is 29.2. The molecule has 0 saturated heterocycles. The number of anilines is 5. The third kappa shape index (κ3) is 7.56. The van der Waals surface area contributed by atoms with Gasteiger partial charge in [-0.1, -0.05) is 84.5 Å². The number of nitrogens with one attached hydrogen (secondary N) is 1. The molecule has 0 unspecified atom stereocenters. The molecular formula is C43H38N10O3S3. The van der Waals surface area contributed by atoms with Gasteiger partial charge in [0.1, 0.15) is 23.1 Å². The first-order valence-corrected chi connectivity index (χ1v) is 21.8.